The fraction of sp³-hybridized carbons (Fsp3) is 0.250. The summed E-state index contributed by atoms with van der Waals surface area (Å²) in [4.78, 5) is 5.27. The summed E-state index contributed by atoms with van der Waals surface area (Å²) in [7, 11) is 1.57. The number of nitrogens with zero attached hydrogens (tertiary/aromatic N) is 2. The van der Waals surface area contributed by atoms with Crippen molar-refractivity contribution in [3.05, 3.63) is 24.2 Å². The van der Waals surface area contributed by atoms with Crippen molar-refractivity contribution < 1.29 is 4.42 Å². The number of guanidine groups is 2. The third kappa shape index (κ3) is 3.90. The maximum absolute atomic E-state index is 7.10. The lowest BCUT2D eigenvalue weighted by atomic mass is 10.4. The molecule has 0 fully saturated rings. The monoisotopic (exact) mass is 231 g/mol. The van der Waals surface area contributed by atoms with Gasteiger partial charge in [0.15, 0.2) is 11.9 Å². The van der Waals surface area contributed by atoms with Gasteiger partial charge in [0, 0.05) is 7.05 Å². The van der Waals surface area contributed by atoms with Crippen LogP contribution in [0.5, 0.6) is 0 Å². The molecule has 1 aromatic heterocycles. The SMILES string of the molecule is CN(C(=N)N)C(N)=NCc1ccco1.Cl. The van der Waals surface area contributed by atoms with Gasteiger partial charge < -0.3 is 15.9 Å². The zero-order valence-corrected chi connectivity index (χ0v) is 9.12. The van der Waals surface area contributed by atoms with E-state index in [9.17, 15) is 0 Å². The topological polar surface area (TPSA) is 105 Å². The summed E-state index contributed by atoms with van der Waals surface area (Å²) in [6, 6.07) is 3.57. The molecule has 7 heteroatoms. The Balaban J connectivity index is 0.00000196. The number of nitrogens with two attached hydrogens (primary N) is 2. The molecule has 1 aromatic rings. The zero-order valence-electron chi connectivity index (χ0n) is 8.30. The lowest BCUT2D eigenvalue weighted by Gasteiger charge is -2.14. The summed E-state index contributed by atoms with van der Waals surface area (Å²) < 4.78 is 5.06. The van der Waals surface area contributed by atoms with Crippen molar-refractivity contribution in [1.29, 1.82) is 5.41 Å². The number of halogens is 1. The molecule has 0 spiro atoms. The first-order chi connectivity index (χ1) is 6.61. The first-order valence-corrected chi connectivity index (χ1v) is 4.01. The van der Waals surface area contributed by atoms with Gasteiger partial charge in [-0.2, -0.15) is 0 Å². The fourth-order valence-corrected chi connectivity index (χ4v) is 0.791. The molecule has 0 saturated heterocycles. The molecule has 0 bridgehead atoms. The van der Waals surface area contributed by atoms with Gasteiger partial charge in [0.25, 0.3) is 0 Å². The van der Waals surface area contributed by atoms with E-state index in [0.29, 0.717) is 12.3 Å². The van der Waals surface area contributed by atoms with Crippen LogP contribution in [-0.2, 0) is 6.54 Å². The number of hydrogen-bond donors (Lipinski definition) is 3. The van der Waals surface area contributed by atoms with Crippen LogP contribution in [0.1, 0.15) is 5.76 Å². The number of hydrogen-bond acceptors (Lipinski definition) is 3. The number of rotatable bonds is 2. The molecule has 0 aliphatic carbocycles. The second kappa shape index (κ2) is 5.92. The van der Waals surface area contributed by atoms with E-state index in [4.69, 9.17) is 21.3 Å². The predicted molar refractivity (Wildman–Crippen MR) is 61.0 cm³/mol. The Labute approximate surface area is 93.9 Å². The Morgan fingerprint density at radius 1 is 1.60 bits per heavy atom. The van der Waals surface area contributed by atoms with Gasteiger partial charge in [0.05, 0.1) is 6.26 Å². The van der Waals surface area contributed by atoms with Crippen LogP contribution in [0.25, 0.3) is 0 Å². The van der Waals surface area contributed by atoms with E-state index in [1.165, 1.54) is 4.90 Å². The van der Waals surface area contributed by atoms with Gasteiger partial charge in [-0.1, -0.05) is 0 Å². The summed E-state index contributed by atoms with van der Waals surface area (Å²) in [6.07, 6.45) is 1.57. The van der Waals surface area contributed by atoms with Gasteiger partial charge in [-0.05, 0) is 12.1 Å². The number of nitrogens with one attached hydrogen (secondary N) is 1. The second-order valence-electron chi connectivity index (χ2n) is 2.70. The molecule has 0 aliphatic rings. The molecule has 0 unspecified atom stereocenters. The Kier molecular flexibility index (Phi) is 5.25. The minimum absolute atomic E-state index is 0. The van der Waals surface area contributed by atoms with E-state index in [1.807, 2.05) is 0 Å². The summed E-state index contributed by atoms with van der Waals surface area (Å²) in [6.45, 7) is 0.344. The average Bonchev–Trinajstić information content (AvgIpc) is 2.65. The van der Waals surface area contributed by atoms with E-state index < -0.39 is 0 Å². The first-order valence-electron chi connectivity index (χ1n) is 4.01. The van der Waals surface area contributed by atoms with E-state index in [1.54, 1.807) is 25.4 Å². The Morgan fingerprint density at radius 3 is 2.73 bits per heavy atom. The van der Waals surface area contributed by atoms with Crippen molar-refractivity contribution in [3.8, 4) is 0 Å². The predicted octanol–water partition coefficient (Wildman–Crippen LogP) is 0.341. The van der Waals surface area contributed by atoms with Crippen LogP contribution >= 0.6 is 12.4 Å². The molecular formula is C8H14ClN5O. The maximum atomic E-state index is 7.10. The molecule has 6 nitrogen and oxygen atoms in total. The van der Waals surface area contributed by atoms with E-state index in [0.717, 1.165) is 0 Å². The van der Waals surface area contributed by atoms with Gasteiger partial charge in [-0.25, -0.2) is 4.99 Å². The molecule has 0 saturated carbocycles. The van der Waals surface area contributed by atoms with E-state index >= 15 is 0 Å². The van der Waals surface area contributed by atoms with Gasteiger partial charge in [-0.3, -0.25) is 10.3 Å². The zero-order chi connectivity index (χ0) is 10.6. The van der Waals surface area contributed by atoms with Crippen LogP contribution in [0.2, 0.25) is 0 Å². The summed E-state index contributed by atoms with van der Waals surface area (Å²) in [5.41, 5.74) is 10.8. The smallest absolute Gasteiger partial charge is 0.198 e. The molecule has 1 heterocycles. The summed E-state index contributed by atoms with van der Waals surface area (Å²) in [5.74, 6) is 0.754. The minimum Gasteiger partial charge on any atom is -0.467 e. The lowest BCUT2D eigenvalue weighted by Crippen LogP contribution is -2.42. The number of furan rings is 1. The Bertz CT molecular complexity index is 335. The van der Waals surface area contributed by atoms with Crippen LogP contribution in [0.4, 0.5) is 0 Å². The van der Waals surface area contributed by atoms with Crippen LogP contribution < -0.4 is 11.5 Å². The van der Waals surface area contributed by atoms with Gasteiger partial charge in [0.1, 0.15) is 12.3 Å². The van der Waals surface area contributed by atoms with Crippen molar-refractivity contribution in [3.63, 3.8) is 0 Å². The van der Waals surface area contributed by atoms with Gasteiger partial charge in [-0.15, -0.1) is 12.4 Å². The van der Waals surface area contributed by atoms with Crippen molar-refractivity contribution in [2.75, 3.05) is 7.05 Å². The molecule has 0 atom stereocenters. The Morgan fingerprint density at radius 2 is 2.27 bits per heavy atom. The van der Waals surface area contributed by atoms with Crippen LogP contribution in [-0.4, -0.2) is 23.9 Å². The average molecular weight is 232 g/mol. The quantitative estimate of drug-likeness (QED) is 0.504. The standard InChI is InChI=1S/C8H13N5O.ClH/c1-13(7(9)10)8(11)12-5-6-3-2-4-14-6;/h2-4H,5H2,1H3,(H3,9,10)(H2,11,12);1H. The molecule has 15 heavy (non-hydrogen) atoms. The Hall–Kier alpha value is -1.69. The first kappa shape index (κ1) is 13.3. The highest BCUT2D eigenvalue weighted by atomic mass is 35.5. The molecule has 5 N–H and O–H groups in total. The van der Waals surface area contributed by atoms with Gasteiger partial charge >= 0.3 is 0 Å². The largest absolute Gasteiger partial charge is 0.467 e. The second-order valence-corrected chi connectivity index (χ2v) is 2.70. The third-order valence-corrected chi connectivity index (χ3v) is 1.68. The van der Waals surface area contributed by atoms with Crippen molar-refractivity contribution >= 4 is 24.3 Å². The molecule has 84 valence electrons. The fourth-order valence-electron chi connectivity index (χ4n) is 0.791. The normalized spacial score (nSPS) is 10.6. The minimum atomic E-state index is -0.148. The summed E-state index contributed by atoms with van der Waals surface area (Å²) >= 11 is 0. The summed E-state index contributed by atoms with van der Waals surface area (Å²) in [5, 5.41) is 7.10. The van der Waals surface area contributed by atoms with Crippen LogP contribution in [0, 0.1) is 5.41 Å². The van der Waals surface area contributed by atoms with Crippen molar-refractivity contribution in [2.45, 2.75) is 6.54 Å². The van der Waals surface area contributed by atoms with Crippen LogP contribution in [0.15, 0.2) is 27.8 Å². The lowest BCUT2D eigenvalue weighted by molar-refractivity contribution is 0.511. The van der Waals surface area contributed by atoms with Crippen LogP contribution in [0.3, 0.4) is 0 Å². The van der Waals surface area contributed by atoms with Crippen molar-refractivity contribution in [2.24, 2.45) is 16.5 Å². The third-order valence-electron chi connectivity index (χ3n) is 1.68. The van der Waals surface area contributed by atoms with E-state index in [2.05, 4.69) is 4.99 Å². The molecule has 0 amide bonds. The molecule has 0 aliphatic heterocycles. The van der Waals surface area contributed by atoms with E-state index in [-0.39, 0.29) is 24.3 Å². The molecule has 0 radical (unpaired) electrons. The number of aliphatic imine (C=N–C) groups is 1. The highest BCUT2D eigenvalue weighted by Gasteiger charge is 2.03. The maximum Gasteiger partial charge on any atom is 0.198 e. The van der Waals surface area contributed by atoms with Gasteiger partial charge in [0.2, 0.25) is 0 Å². The molecule has 0 aromatic carbocycles. The highest BCUT2D eigenvalue weighted by molar-refractivity contribution is 5.95. The van der Waals surface area contributed by atoms with Crippen molar-refractivity contribution in [1.82, 2.24) is 4.90 Å². The highest BCUT2D eigenvalue weighted by Crippen LogP contribution is 2.01. The molecule has 1 rings (SSSR count). The molecular weight excluding hydrogens is 218 g/mol.